The third-order valence-corrected chi connectivity index (χ3v) is 3.44. The molecule has 0 radical (unpaired) electrons. The molecule has 0 aliphatic rings. The molecule has 10 nitrogen and oxygen atoms in total. The van der Waals surface area contributed by atoms with Crippen molar-refractivity contribution in [3.05, 3.63) is 21.7 Å². The minimum atomic E-state index is -0.882. The van der Waals surface area contributed by atoms with Gasteiger partial charge >= 0.3 is 0 Å². The molecule has 0 fully saturated rings. The molecule has 0 unspecified atom stereocenters. The van der Waals surface area contributed by atoms with E-state index in [4.69, 9.17) is 5.73 Å². The van der Waals surface area contributed by atoms with Crippen molar-refractivity contribution in [2.75, 3.05) is 18.9 Å². The normalized spacial score (nSPS) is 13.2. The molecule has 12 heteroatoms. The zero-order valence-corrected chi connectivity index (χ0v) is 13.7. The lowest BCUT2D eigenvalue weighted by atomic mass is 9.98. The summed E-state index contributed by atoms with van der Waals surface area (Å²) in [6, 6.07) is -0.699. The van der Waals surface area contributed by atoms with Crippen molar-refractivity contribution in [1.82, 2.24) is 9.99 Å². The van der Waals surface area contributed by atoms with Gasteiger partial charge in [0.05, 0.1) is 17.6 Å². The van der Waals surface area contributed by atoms with Crippen LogP contribution in [0.3, 0.4) is 0 Å². The fourth-order valence-corrected chi connectivity index (χ4v) is 1.98. The summed E-state index contributed by atoms with van der Waals surface area (Å²) in [4.78, 5) is 25.9. The molecule has 1 rings (SSSR count). The summed E-state index contributed by atoms with van der Waals surface area (Å²) < 4.78 is 0. The van der Waals surface area contributed by atoms with Crippen LogP contribution in [0.2, 0.25) is 0 Å². The summed E-state index contributed by atoms with van der Waals surface area (Å²) in [7, 11) is 1.56. The predicted molar refractivity (Wildman–Crippen MR) is 84.2 cm³/mol. The zero-order chi connectivity index (χ0) is 15.8. The maximum absolute atomic E-state index is 11.9. The standard InChI is InChI=1S/C10H17N7O3S.ClH/c1-7(3-5-16(2)14-15-17(19)20)8(11)9(18)13-10-12-4-6-21-10;/h4,6-8H,3,5,11H2,1-2H3,(H,12,13,18);1H/t7-,8+;/m1./s1. The highest BCUT2D eigenvalue weighted by atomic mass is 35.5. The van der Waals surface area contributed by atoms with E-state index in [1.807, 2.05) is 6.92 Å². The van der Waals surface area contributed by atoms with Crippen LogP contribution in [0, 0.1) is 16.0 Å². The van der Waals surface area contributed by atoms with Crippen LogP contribution in [0.5, 0.6) is 0 Å². The number of amides is 1. The maximum Gasteiger partial charge on any atom is 0.243 e. The van der Waals surface area contributed by atoms with E-state index in [0.29, 0.717) is 18.1 Å². The Kier molecular flexibility index (Phi) is 9.13. The molecule has 0 saturated heterocycles. The lowest BCUT2D eigenvalue weighted by Crippen LogP contribution is -2.41. The van der Waals surface area contributed by atoms with Gasteiger partial charge in [0.15, 0.2) is 10.4 Å². The largest absolute Gasteiger partial charge is 0.337 e. The smallest absolute Gasteiger partial charge is 0.243 e. The molecule has 1 aromatic heterocycles. The molecule has 22 heavy (non-hydrogen) atoms. The van der Waals surface area contributed by atoms with Crippen LogP contribution in [-0.2, 0) is 4.79 Å². The molecule has 2 atom stereocenters. The Morgan fingerprint density at radius 1 is 1.68 bits per heavy atom. The van der Waals surface area contributed by atoms with E-state index >= 15 is 0 Å². The van der Waals surface area contributed by atoms with Gasteiger partial charge in [-0.05, 0) is 12.3 Å². The number of thiazole rings is 1. The fourth-order valence-electron chi connectivity index (χ4n) is 1.45. The maximum atomic E-state index is 11.9. The molecule has 124 valence electrons. The lowest BCUT2D eigenvalue weighted by Gasteiger charge is -2.19. The molecule has 3 N–H and O–H groups in total. The number of nitro groups is 1. The Labute approximate surface area is 137 Å². The molecule has 0 aliphatic heterocycles. The van der Waals surface area contributed by atoms with Crippen molar-refractivity contribution in [2.24, 2.45) is 22.1 Å². The summed E-state index contributed by atoms with van der Waals surface area (Å²) in [5.41, 5.74) is 5.87. The zero-order valence-electron chi connectivity index (χ0n) is 12.1. The average molecular weight is 352 g/mol. The van der Waals surface area contributed by atoms with Crippen molar-refractivity contribution >= 4 is 34.8 Å². The number of halogens is 1. The third-order valence-electron chi connectivity index (χ3n) is 2.75. The summed E-state index contributed by atoms with van der Waals surface area (Å²) in [6.07, 6.45) is 2.13. The van der Waals surface area contributed by atoms with E-state index in [2.05, 4.69) is 20.7 Å². The van der Waals surface area contributed by atoms with Crippen molar-refractivity contribution in [3.8, 4) is 0 Å². The number of hydrogen-bond acceptors (Lipinski definition) is 7. The molecule has 0 saturated carbocycles. The first-order valence-electron chi connectivity index (χ1n) is 6.13. The van der Waals surface area contributed by atoms with Crippen LogP contribution in [0.25, 0.3) is 0 Å². The number of hydrogen-bond donors (Lipinski definition) is 2. The molecule has 0 aliphatic carbocycles. The van der Waals surface area contributed by atoms with Crippen LogP contribution in [0.4, 0.5) is 5.13 Å². The van der Waals surface area contributed by atoms with Gasteiger partial charge in [0.25, 0.3) is 0 Å². The second kappa shape index (κ2) is 9.97. The quantitative estimate of drug-likeness (QED) is 0.411. The van der Waals surface area contributed by atoms with Gasteiger partial charge in [0.1, 0.15) is 0 Å². The summed E-state index contributed by atoms with van der Waals surface area (Å²) in [5, 5.41) is 21.5. The van der Waals surface area contributed by atoms with E-state index in [1.165, 1.54) is 16.3 Å². The highest BCUT2D eigenvalue weighted by Crippen LogP contribution is 2.13. The van der Waals surface area contributed by atoms with Gasteiger partial charge in [-0.15, -0.1) is 23.7 Å². The molecule has 0 aromatic carbocycles. The second-order valence-electron chi connectivity index (χ2n) is 4.42. The Hall–Kier alpha value is -1.85. The highest BCUT2D eigenvalue weighted by Gasteiger charge is 2.22. The van der Waals surface area contributed by atoms with Gasteiger partial charge < -0.3 is 21.2 Å². The third kappa shape index (κ3) is 7.24. The minimum absolute atomic E-state index is 0. The van der Waals surface area contributed by atoms with E-state index in [1.54, 1.807) is 18.6 Å². The Morgan fingerprint density at radius 3 is 2.91 bits per heavy atom. The Balaban J connectivity index is 0.00000441. The van der Waals surface area contributed by atoms with E-state index in [-0.39, 0.29) is 24.2 Å². The van der Waals surface area contributed by atoms with E-state index in [0.717, 1.165) is 0 Å². The number of nitrogens with two attached hydrogens (primary N) is 1. The van der Waals surface area contributed by atoms with Gasteiger partial charge in [-0.2, -0.15) is 5.01 Å². The monoisotopic (exact) mass is 351 g/mol. The molecule has 1 heterocycles. The topological polar surface area (TPSA) is 139 Å². The molecule has 1 amide bonds. The summed E-state index contributed by atoms with van der Waals surface area (Å²) >= 11 is 1.31. The summed E-state index contributed by atoms with van der Waals surface area (Å²) in [6.45, 7) is 2.22. The first-order chi connectivity index (χ1) is 9.90. The van der Waals surface area contributed by atoms with Crippen LogP contribution < -0.4 is 11.1 Å². The van der Waals surface area contributed by atoms with Crippen LogP contribution in [0.15, 0.2) is 22.0 Å². The first kappa shape index (κ1) is 20.1. The highest BCUT2D eigenvalue weighted by molar-refractivity contribution is 7.13. The number of anilines is 1. The average Bonchev–Trinajstić information content (AvgIpc) is 2.94. The molecule has 1 aromatic rings. The Bertz CT molecular complexity index is 499. The first-order valence-corrected chi connectivity index (χ1v) is 7.01. The number of carbonyl (C=O) groups is 1. The van der Waals surface area contributed by atoms with Crippen LogP contribution >= 0.6 is 23.7 Å². The minimum Gasteiger partial charge on any atom is -0.337 e. The van der Waals surface area contributed by atoms with Gasteiger partial charge in [-0.1, -0.05) is 6.92 Å². The van der Waals surface area contributed by atoms with Gasteiger partial charge in [-0.25, -0.2) is 4.98 Å². The van der Waals surface area contributed by atoms with Crippen LogP contribution in [-0.4, -0.2) is 40.6 Å². The molecule has 0 bridgehead atoms. The number of aromatic nitrogens is 1. The second-order valence-corrected chi connectivity index (χ2v) is 5.31. The summed E-state index contributed by atoms with van der Waals surface area (Å²) in [5.74, 6) is -0.440. The number of nitrogens with zero attached hydrogens (tertiary/aromatic N) is 5. The van der Waals surface area contributed by atoms with Gasteiger partial charge in [-0.3, -0.25) is 4.79 Å². The Morgan fingerprint density at radius 2 is 2.36 bits per heavy atom. The van der Waals surface area contributed by atoms with Gasteiger partial charge in [0.2, 0.25) is 11.1 Å². The van der Waals surface area contributed by atoms with Gasteiger partial charge in [0, 0.05) is 18.6 Å². The van der Waals surface area contributed by atoms with Crippen molar-refractivity contribution in [1.29, 1.82) is 0 Å². The fraction of sp³-hybridized carbons (Fsp3) is 0.600. The van der Waals surface area contributed by atoms with E-state index in [9.17, 15) is 14.9 Å². The van der Waals surface area contributed by atoms with Crippen molar-refractivity contribution < 1.29 is 9.83 Å². The van der Waals surface area contributed by atoms with E-state index < -0.39 is 11.1 Å². The SMILES string of the molecule is C[C@H](CCN(C)N=N[N+](=O)[O-])[C@H](N)C(=O)Nc1nccs1.Cl. The number of rotatable bonds is 8. The molecular weight excluding hydrogens is 334 g/mol. The lowest BCUT2D eigenvalue weighted by molar-refractivity contribution is -0.496. The molecule has 0 spiro atoms. The molecular formula is C10H18ClN7O3S. The van der Waals surface area contributed by atoms with Crippen molar-refractivity contribution in [3.63, 3.8) is 0 Å². The van der Waals surface area contributed by atoms with Crippen LogP contribution in [0.1, 0.15) is 13.3 Å². The van der Waals surface area contributed by atoms with Crippen molar-refractivity contribution in [2.45, 2.75) is 19.4 Å². The number of nitrogens with one attached hydrogen (secondary N) is 1. The number of carbonyl (C=O) groups excluding carboxylic acids is 1. The predicted octanol–water partition coefficient (Wildman–Crippen LogP) is 1.35.